The van der Waals surface area contributed by atoms with Crippen molar-refractivity contribution >= 4 is 5.82 Å². The number of hydrogen-bond donors (Lipinski definition) is 0. The predicted molar refractivity (Wildman–Crippen MR) is 80.5 cm³/mol. The highest BCUT2D eigenvalue weighted by molar-refractivity contribution is 5.42. The van der Waals surface area contributed by atoms with Gasteiger partial charge in [0.15, 0.2) is 0 Å². The molecule has 0 amide bonds. The lowest BCUT2D eigenvalue weighted by Crippen LogP contribution is -2.46. The molecule has 2 saturated carbocycles. The van der Waals surface area contributed by atoms with E-state index < -0.39 is 0 Å². The summed E-state index contributed by atoms with van der Waals surface area (Å²) in [6, 6.07) is 2.23. The first-order valence-electron chi connectivity index (χ1n) is 8.48. The van der Waals surface area contributed by atoms with Gasteiger partial charge in [-0.1, -0.05) is 0 Å². The van der Waals surface area contributed by atoms with E-state index in [1.807, 2.05) is 6.92 Å². The summed E-state index contributed by atoms with van der Waals surface area (Å²) in [4.78, 5) is 11.8. The summed E-state index contributed by atoms with van der Waals surface area (Å²) in [5.41, 5.74) is 1.49. The topological polar surface area (TPSA) is 38.2 Å². The van der Waals surface area contributed by atoms with Crippen molar-refractivity contribution in [2.24, 2.45) is 11.8 Å². The lowest BCUT2D eigenvalue weighted by atomic mass is 9.86. The van der Waals surface area contributed by atoms with Gasteiger partial charge in [0.1, 0.15) is 11.6 Å². The van der Waals surface area contributed by atoms with Crippen LogP contribution >= 0.6 is 0 Å². The van der Waals surface area contributed by atoms with Gasteiger partial charge in [-0.05, 0) is 50.9 Å². The van der Waals surface area contributed by atoms with Crippen molar-refractivity contribution < 1.29 is 4.74 Å². The number of fused-ring (bicyclic) bond motifs is 2. The van der Waals surface area contributed by atoms with Gasteiger partial charge in [0.05, 0.1) is 12.2 Å². The van der Waals surface area contributed by atoms with Gasteiger partial charge in [0.2, 0.25) is 0 Å². The smallest absolute Gasteiger partial charge is 0.132 e. The fourth-order valence-corrected chi connectivity index (χ4v) is 4.41. The Kier molecular flexibility index (Phi) is 2.47. The van der Waals surface area contributed by atoms with Crippen molar-refractivity contribution in [3.63, 3.8) is 0 Å². The molecular weight excluding hydrogens is 262 g/mol. The second kappa shape index (κ2) is 4.19. The van der Waals surface area contributed by atoms with Crippen molar-refractivity contribution in [3.8, 4) is 0 Å². The number of ether oxygens (including phenoxy) is 1. The molecule has 4 heteroatoms. The van der Waals surface area contributed by atoms with E-state index in [2.05, 4.69) is 20.9 Å². The second-order valence-corrected chi connectivity index (χ2v) is 7.44. The third kappa shape index (κ3) is 1.99. The number of anilines is 1. The molecule has 21 heavy (non-hydrogen) atoms. The van der Waals surface area contributed by atoms with Crippen LogP contribution in [0.5, 0.6) is 0 Å². The summed E-state index contributed by atoms with van der Waals surface area (Å²) in [5, 5.41) is 0. The second-order valence-electron chi connectivity index (χ2n) is 7.44. The van der Waals surface area contributed by atoms with Crippen LogP contribution in [0.1, 0.15) is 49.5 Å². The first-order valence-corrected chi connectivity index (χ1v) is 8.48. The molecule has 1 aromatic heterocycles. The van der Waals surface area contributed by atoms with Gasteiger partial charge in [-0.2, -0.15) is 0 Å². The van der Waals surface area contributed by atoms with Gasteiger partial charge < -0.3 is 9.64 Å². The van der Waals surface area contributed by atoms with Crippen LogP contribution in [0, 0.1) is 18.8 Å². The maximum atomic E-state index is 6.16. The van der Waals surface area contributed by atoms with Gasteiger partial charge in [-0.3, -0.25) is 0 Å². The molecule has 4 aliphatic rings. The molecular formula is C17H23N3O. The third-order valence-corrected chi connectivity index (χ3v) is 5.96. The highest BCUT2D eigenvalue weighted by atomic mass is 16.5. The van der Waals surface area contributed by atoms with Crippen LogP contribution in [-0.4, -0.2) is 35.3 Å². The molecule has 0 aromatic carbocycles. The molecule has 5 rings (SSSR count). The quantitative estimate of drug-likeness (QED) is 0.837. The van der Waals surface area contributed by atoms with Crippen LogP contribution in [0.25, 0.3) is 0 Å². The number of piperidine rings is 1. The summed E-state index contributed by atoms with van der Waals surface area (Å²) in [5.74, 6) is 4.53. The molecule has 3 heterocycles. The third-order valence-electron chi connectivity index (χ3n) is 5.96. The van der Waals surface area contributed by atoms with E-state index in [-0.39, 0.29) is 5.60 Å². The number of aryl methyl sites for hydroxylation is 1. The summed E-state index contributed by atoms with van der Waals surface area (Å²) >= 11 is 0. The van der Waals surface area contributed by atoms with E-state index in [0.29, 0.717) is 5.92 Å². The highest BCUT2D eigenvalue weighted by Crippen LogP contribution is 2.57. The average molecular weight is 285 g/mol. The minimum absolute atomic E-state index is 0.225. The van der Waals surface area contributed by atoms with Gasteiger partial charge in [0, 0.05) is 30.8 Å². The van der Waals surface area contributed by atoms with E-state index in [9.17, 15) is 0 Å². The Bertz CT molecular complexity index is 575. The standard InChI is InChI=1S/C17H23N3O/c1-11-18-15(12-2-3-12)9-16(19-11)20-6-4-17(5-7-20)14-8-13(14)10-21-17/h9,12-14H,2-8,10H2,1H3. The normalized spacial score (nSPS) is 33.3. The number of hydrogen-bond acceptors (Lipinski definition) is 4. The lowest BCUT2D eigenvalue weighted by molar-refractivity contribution is -0.0420. The molecule has 2 aliphatic carbocycles. The predicted octanol–water partition coefficient (Wildman–Crippen LogP) is 2.67. The minimum Gasteiger partial charge on any atom is -0.374 e. The SMILES string of the molecule is Cc1nc(C2CC2)cc(N2CCC3(CC2)OCC2CC23)n1. The fourth-order valence-electron chi connectivity index (χ4n) is 4.41. The number of aromatic nitrogens is 2. The van der Waals surface area contributed by atoms with E-state index in [1.165, 1.54) is 37.8 Å². The zero-order chi connectivity index (χ0) is 14.0. The Balaban J connectivity index is 1.35. The van der Waals surface area contributed by atoms with E-state index >= 15 is 0 Å². The van der Waals surface area contributed by atoms with Crippen LogP contribution in [0.4, 0.5) is 5.82 Å². The zero-order valence-electron chi connectivity index (χ0n) is 12.7. The van der Waals surface area contributed by atoms with Crippen LogP contribution in [-0.2, 0) is 4.74 Å². The van der Waals surface area contributed by atoms with E-state index in [0.717, 1.165) is 43.2 Å². The Labute approximate surface area is 125 Å². The summed E-state index contributed by atoms with van der Waals surface area (Å²) in [7, 11) is 0. The molecule has 0 bridgehead atoms. The van der Waals surface area contributed by atoms with Crippen molar-refractivity contribution in [3.05, 3.63) is 17.6 Å². The Morgan fingerprint density at radius 3 is 2.67 bits per heavy atom. The Morgan fingerprint density at radius 2 is 2.05 bits per heavy atom. The Morgan fingerprint density at radius 1 is 1.24 bits per heavy atom. The monoisotopic (exact) mass is 285 g/mol. The van der Waals surface area contributed by atoms with Gasteiger partial charge >= 0.3 is 0 Å². The maximum absolute atomic E-state index is 6.16. The number of rotatable bonds is 2. The van der Waals surface area contributed by atoms with E-state index in [4.69, 9.17) is 4.74 Å². The van der Waals surface area contributed by atoms with Crippen molar-refractivity contribution in [2.75, 3.05) is 24.6 Å². The van der Waals surface area contributed by atoms with Gasteiger partial charge in [-0.25, -0.2) is 9.97 Å². The van der Waals surface area contributed by atoms with Crippen molar-refractivity contribution in [1.29, 1.82) is 0 Å². The van der Waals surface area contributed by atoms with Crippen LogP contribution in [0.15, 0.2) is 6.07 Å². The average Bonchev–Trinajstić information content (AvgIpc) is 3.39. The fraction of sp³-hybridized carbons (Fsp3) is 0.765. The molecule has 112 valence electrons. The number of nitrogens with zero attached hydrogens (tertiary/aromatic N) is 3. The van der Waals surface area contributed by atoms with Gasteiger partial charge in [0.25, 0.3) is 0 Å². The van der Waals surface area contributed by atoms with Crippen LogP contribution < -0.4 is 4.90 Å². The first kappa shape index (κ1) is 12.4. The summed E-state index contributed by atoms with van der Waals surface area (Å²) in [6.45, 7) is 5.21. The molecule has 2 saturated heterocycles. The molecule has 4 nitrogen and oxygen atoms in total. The molecule has 1 aromatic rings. The van der Waals surface area contributed by atoms with Crippen molar-refractivity contribution in [1.82, 2.24) is 9.97 Å². The largest absolute Gasteiger partial charge is 0.374 e. The molecule has 0 radical (unpaired) electrons. The molecule has 2 atom stereocenters. The van der Waals surface area contributed by atoms with E-state index in [1.54, 1.807) is 0 Å². The van der Waals surface area contributed by atoms with Crippen LogP contribution in [0.3, 0.4) is 0 Å². The maximum Gasteiger partial charge on any atom is 0.132 e. The summed E-state index contributed by atoms with van der Waals surface area (Å²) < 4.78 is 6.16. The molecule has 0 N–H and O–H groups in total. The highest BCUT2D eigenvalue weighted by Gasteiger charge is 2.59. The molecule has 1 spiro atoms. The first-order chi connectivity index (χ1) is 10.2. The van der Waals surface area contributed by atoms with Gasteiger partial charge in [-0.15, -0.1) is 0 Å². The van der Waals surface area contributed by atoms with Crippen molar-refractivity contribution in [2.45, 2.75) is 50.5 Å². The van der Waals surface area contributed by atoms with Crippen LogP contribution in [0.2, 0.25) is 0 Å². The molecule has 2 aliphatic heterocycles. The molecule has 2 unspecified atom stereocenters. The summed E-state index contributed by atoms with van der Waals surface area (Å²) in [6.07, 6.45) is 6.37. The zero-order valence-corrected chi connectivity index (χ0v) is 12.7. The lowest BCUT2D eigenvalue weighted by Gasteiger charge is -2.40. The Hall–Kier alpha value is -1.16. The minimum atomic E-state index is 0.225. The molecule has 4 fully saturated rings.